The lowest BCUT2D eigenvalue weighted by atomic mass is 9.88. The van der Waals surface area contributed by atoms with Crippen LogP contribution in [0.1, 0.15) is 74.8 Å². The number of aromatic nitrogens is 4. The van der Waals surface area contributed by atoms with E-state index in [0.29, 0.717) is 42.4 Å². The fourth-order valence-corrected chi connectivity index (χ4v) is 9.72. The molecule has 58 heavy (non-hydrogen) atoms. The minimum absolute atomic E-state index is 0.0922. The van der Waals surface area contributed by atoms with Crippen molar-refractivity contribution in [2.24, 2.45) is 5.92 Å². The van der Waals surface area contributed by atoms with Crippen LogP contribution in [0.25, 0.3) is 28.1 Å². The van der Waals surface area contributed by atoms with Crippen molar-refractivity contribution in [2.45, 2.75) is 63.7 Å². The Bertz CT molecular complexity index is 2340. The monoisotopic (exact) mass is 804 g/mol. The number of anilines is 2. The van der Waals surface area contributed by atoms with Crippen molar-refractivity contribution in [1.82, 2.24) is 30.0 Å². The van der Waals surface area contributed by atoms with E-state index < -0.39 is 15.8 Å². The first-order chi connectivity index (χ1) is 28.1. The van der Waals surface area contributed by atoms with E-state index in [4.69, 9.17) is 10.1 Å². The van der Waals surface area contributed by atoms with Gasteiger partial charge in [0.1, 0.15) is 11.5 Å². The third-order valence-electron chi connectivity index (χ3n) is 11.8. The zero-order valence-electron chi connectivity index (χ0n) is 32.7. The Morgan fingerprint density at radius 1 is 0.862 bits per heavy atom. The van der Waals surface area contributed by atoms with Gasteiger partial charge in [0.15, 0.2) is 5.82 Å². The zero-order valence-corrected chi connectivity index (χ0v) is 33.5. The first-order valence-electron chi connectivity index (χ1n) is 20.3. The summed E-state index contributed by atoms with van der Waals surface area (Å²) in [5.74, 6) is 0.550. The van der Waals surface area contributed by atoms with Crippen molar-refractivity contribution < 1.29 is 22.4 Å². The maximum Gasteiger partial charge on any atom is 0.234 e. The molecule has 302 valence electrons. The number of imide groups is 1. The number of rotatable bonds is 12. The molecular formula is C44H49FN8O4S. The predicted octanol–water partition coefficient (Wildman–Crippen LogP) is 6.90. The van der Waals surface area contributed by atoms with E-state index in [9.17, 15) is 18.0 Å². The number of likely N-dealkylation sites (tertiary alicyclic amines) is 1. The fraction of sp³-hybridized carbons (Fsp3) is 0.386. The Labute approximate surface area is 338 Å². The Kier molecular flexibility index (Phi) is 11.7. The van der Waals surface area contributed by atoms with Crippen molar-refractivity contribution in [3.63, 3.8) is 0 Å². The summed E-state index contributed by atoms with van der Waals surface area (Å²) in [5.41, 5.74) is 5.03. The summed E-state index contributed by atoms with van der Waals surface area (Å²) in [7, 11) is -3.69. The molecule has 6 heterocycles. The summed E-state index contributed by atoms with van der Waals surface area (Å²) in [4.78, 5) is 37.6. The molecule has 3 aliphatic heterocycles. The number of pyridine rings is 2. The maximum absolute atomic E-state index is 16.0. The van der Waals surface area contributed by atoms with Gasteiger partial charge >= 0.3 is 0 Å². The van der Waals surface area contributed by atoms with Crippen LogP contribution in [0, 0.1) is 11.7 Å². The molecule has 1 atom stereocenters. The number of piperidine rings is 3. The van der Waals surface area contributed by atoms with E-state index >= 15 is 4.39 Å². The molecule has 5 aromatic rings. The van der Waals surface area contributed by atoms with Gasteiger partial charge in [-0.15, -0.1) is 0 Å². The first-order valence-corrected chi connectivity index (χ1v) is 22.0. The SMILES string of the molecule is CCCS(=O)(=O)Nc1cccc(-c2cn(-c3ccc(C4CCN(CC5CCN(c6ccc([C@@H]7CCC(=O)NC7=O)cn6)CC5)CC4)cc3)nc2-c2ccncc2)c1F. The van der Waals surface area contributed by atoms with Crippen molar-refractivity contribution >= 4 is 33.3 Å². The van der Waals surface area contributed by atoms with Crippen molar-refractivity contribution in [1.29, 1.82) is 0 Å². The van der Waals surface area contributed by atoms with Crippen molar-refractivity contribution in [2.75, 3.05) is 48.1 Å². The summed E-state index contributed by atoms with van der Waals surface area (Å²) < 4.78 is 45.2. The quantitative estimate of drug-likeness (QED) is 0.129. The van der Waals surface area contributed by atoms with E-state index in [2.05, 4.69) is 49.1 Å². The normalized spacial score (nSPS) is 18.7. The number of amides is 2. The number of carbonyl (C=O) groups excluding carboxylic acids is 2. The molecule has 2 aromatic carbocycles. The smallest absolute Gasteiger partial charge is 0.234 e. The largest absolute Gasteiger partial charge is 0.357 e. The molecule has 0 saturated carbocycles. The number of benzene rings is 2. The number of sulfonamides is 1. The number of halogens is 1. The Hall–Kier alpha value is -5.47. The third kappa shape index (κ3) is 8.82. The molecule has 2 amide bonds. The van der Waals surface area contributed by atoms with Crippen LogP contribution >= 0.6 is 0 Å². The topological polar surface area (TPSA) is 142 Å². The molecule has 3 fully saturated rings. The highest BCUT2D eigenvalue weighted by Crippen LogP contribution is 2.37. The molecule has 0 unspecified atom stereocenters. The van der Waals surface area contributed by atoms with Gasteiger partial charge in [-0.25, -0.2) is 22.5 Å². The van der Waals surface area contributed by atoms with Gasteiger partial charge in [0.05, 0.1) is 23.0 Å². The van der Waals surface area contributed by atoms with Crippen molar-refractivity contribution in [3.05, 3.63) is 108 Å². The molecule has 0 radical (unpaired) electrons. The molecule has 2 N–H and O–H groups in total. The molecule has 0 bridgehead atoms. The van der Waals surface area contributed by atoms with E-state index in [1.54, 1.807) is 48.5 Å². The zero-order chi connectivity index (χ0) is 40.2. The van der Waals surface area contributed by atoms with Gasteiger partial charge in [-0.1, -0.05) is 37.3 Å². The summed E-state index contributed by atoms with van der Waals surface area (Å²) in [6.45, 7) is 6.92. The molecule has 3 aliphatic rings. The van der Waals surface area contributed by atoms with Gasteiger partial charge in [-0.3, -0.25) is 24.6 Å². The highest BCUT2D eigenvalue weighted by Gasteiger charge is 2.30. The van der Waals surface area contributed by atoms with Crippen LogP contribution in [0.3, 0.4) is 0 Å². The molecular weight excluding hydrogens is 756 g/mol. The highest BCUT2D eigenvalue weighted by molar-refractivity contribution is 7.92. The van der Waals surface area contributed by atoms with Crippen LogP contribution in [-0.2, 0) is 19.6 Å². The molecule has 3 aromatic heterocycles. The van der Waals surface area contributed by atoms with E-state index in [0.717, 1.165) is 81.0 Å². The van der Waals surface area contributed by atoms with Crippen LogP contribution in [0.4, 0.5) is 15.9 Å². The Morgan fingerprint density at radius 2 is 1.60 bits per heavy atom. The molecule has 0 aliphatic carbocycles. The standard InChI is InChI=1S/C44H49FN8O4S/c1-2-26-58(56,57)50-39-5-3-4-37(42(39)45)38-29-53(49-43(38)33-14-20-46-21-15-33)35-9-6-31(7-10-35)32-18-22-51(23-19-32)28-30-16-24-52(25-17-30)40-12-8-34(27-47-40)36-11-13-41(54)48-44(36)55/h3-10,12,14-15,20-21,27,29-30,32,36,50H,2,11,13,16-19,22-26,28H2,1H3,(H,48,54,55)/t36-/m0/s1. The molecule has 0 spiro atoms. The average molecular weight is 805 g/mol. The molecule has 3 saturated heterocycles. The molecule has 12 nitrogen and oxygen atoms in total. The van der Waals surface area contributed by atoms with Gasteiger partial charge in [0.2, 0.25) is 21.8 Å². The lowest BCUT2D eigenvalue weighted by molar-refractivity contribution is -0.134. The summed E-state index contributed by atoms with van der Waals surface area (Å²) in [6, 6.07) is 20.8. The third-order valence-corrected chi connectivity index (χ3v) is 13.3. The minimum Gasteiger partial charge on any atom is -0.357 e. The lowest BCUT2D eigenvalue weighted by Crippen LogP contribution is -2.41. The number of nitrogens with one attached hydrogen (secondary N) is 2. The number of carbonyl (C=O) groups is 2. The molecule has 14 heteroatoms. The molecule has 8 rings (SSSR count). The van der Waals surface area contributed by atoms with Gasteiger partial charge in [0, 0.05) is 67.5 Å². The van der Waals surface area contributed by atoms with Crippen LogP contribution in [0.2, 0.25) is 0 Å². The van der Waals surface area contributed by atoms with E-state index in [-0.39, 0.29) is 34.7 Å². The minimum atomic E-state index is -3.69. The Morgan fingerprint density at radius 3 is 2.29 bits per heavy atom. The summed E-state index contributed by atoms with van der Waals surface area (Å²) in [5, 5.41) is 7.34. The van der Waals surface area contributed by atoms with E-state index in [1.165, 1.54) is 11.6 Å². The van der Waals surface area contributed by atoms with Gasteiger partial charge < -0.3 is 9.80 Å². The summed E-state index contributed by atoms with van der Waals surface area (Å²) in [6.07, 6.45) is 12.7. The van der Waals surface area contributed by atoms with Crippen molar-refractivity contribution in [3.8, 4) is 28.1 Å². The van der Waals surface area contributed by atoms with E-state index in [1.807, 2.05) is 24.3 Å². The number of hydrogen-bond acceptors (Lipinski definition) is 9. The first kappa shape index (κ1) is 39.4. The van der Waals surface area contributed by atoms with Crippen LogP contribution in [0.15, 0.2) is 91.5 Å². The van der Waals surface area contributed by atoms with Gasteiger partial charge in [-0.05, 0) is 111 Å². The second-order valence-electron chi connectivity index (χ2n) is 15.7. The average Bonchev–Trinajstić information content (AvgIpc) is 3.68. The maximum atomic E-state index is 16.0. The fourth-order valence-electron chi connectivity index (χ4n) is 8.59. The number of nitrogens with zero attached hydrogens (tertiary/aromatic N) is 6. The second kappa shape index (κ2) is 17.2. The van der Waals surface area contributed by atoms with Crippen LogP contribution in [0.5, 0.6) is 0 Å². The summed E-state index contributed by atoms with van der Waals surface area (Å²) >= 11 is 0. The van der Waals surface area contributed by atoms with Crippen LogP contribution < -0.4 is 14.9 Å². The Balaban J connectivity index is 0.873. The highest BCUT2D eigenvalue weighted by atomic mass is 32.2. The second-order valence-corrected chi connectivity index (χ2v) is 17.6. The van der Waals surface area contributed by atoms with Crippen LogP contribution in [-0.4, -0.2) is 83.4 Å². The number of hydrogen-bond donors (Lipinski definition) is 2. The lowest BCUT2D eigenvalue weighted by Gasteiger charge is -2.38. The van der Waals surface area contributed by atoms with Gasteiger partial charge in [0.25, 0.3) is 0 Å². The predicted molar refractivity (Wildman–Crippen MR) is 223 cm³/mol. The van der Waals surface area contributed by atoms with Gasteiger partial charge in [-0.2, -0.15) is 5.10 Å².